The Kier molecular flexibility index (Phi) is 7.40. The molecule has 4 rings (SSSR count). The van der Waals surface area contributed by atoms with Crippen molar-refractivity contribution in [2.75, 3.05) is 25.5 Å². The molecule has 1 amide bonds. The predicted molar refractivity (Wildman–Crippen MR) is 131 cm³/mol. The lowest BCUT2D eigenvalue weighted by Gasteiger charge is -2.19. The average Bonchev–Trinajstić information content (AvgIpc) is 3.14. The number of amides is 1. The van der Waals surface area contributed by atoms with Gasteiger partial charge >= 0.3 is 5.97 Å². The summed E-state index contributed by atoms with van der Waals surface area (Å²) in [6, 6.07) is 12.8. The van der Waals surface area contributed by atoms with Gasteiger partial charge in [0.1, 0.15) is 0 Å². The molecule has 0 spiro atoms. The second-order valence-electron chi connectivity index (χ2n) is 7.90. The third-order valence-corrected chi connectivity index (χ3v) is 8.32. The molecule has 0 saturated carbocycles. The van der Waals surface area contributed by atoms with Gasteiger partial charge < -0.3 is 4.74 Å². The standard InChI is InChI=1S/C24H25N3O5S2/c1-32-23(29)19-8-6-18(7-9-19)22(28)26-24-25-21(16-33-24)17-10-12-20(13-11-17)34(30,31)27-14-4-2-3-5-15-27/h6-13,16H,2-5,14-15H2,1H3,(H,25,26,28). The molecule has 3 aromatic rings. The highest BCUT2D eigenvalue weighted by Gasteiger charge is 2.25. The zero-order chi connectivity index (χ0) is 24.1. The zero-order valence-corrected chi connectivity index (χ0v) is 20.3. The van der Waals surface area contributed by atoms with E-state index in [0.29, 0.717) is 35.0 Å². The minimum atomic E-state index is -3.51. The predicted octanol–water partition coefficient (Wildman–Crippen LogP) is 4.41. The number of esters is 1. The summed E-state index contributed by atoms with van der Waals surface area (Å²) in [4.78, 5) is 28.8. The Bertz CT molecular complexity index is 1260. The van der Waals surface area contributed by atoms with Gasteiger partial charge in [0, 0.05) is 29.6 Å². The maximum Gasteiger partial charge on any atom is 0.337 e. The Balaban J connectivity index is 1.43. The van der Waals surface area contributed by atoms with Gasteiger partial charge in [-0.2, -0.15) is 4.31 Å². The van der Waals surface area contributed by atoms with Crippen molar-refractivity contribution in [2.24, 2.45) is 0 Å². The fraction of sp³-hybridized carbons (Fsp3) is 0.292. The Morgan fingerprint density at radius 3 is 2.18 bits per heavy atom. The van der Waals surface area contributed by atoms with Crippen molar-refractivity contribution >= 4 is 38.4 Å². The SMILES string of the molecule is COC(=O)c1ccc(C(=O)Nc2nc(-c3ccc(S(=O)(=O)N4CCCCCC4)cc3)cs2)cc1. The van der Waals surface area contributed by atoms with Gasteiger partial charge in [0.15, 0.2) is 5.13 Å². The van der Waals surface area contributed by atoms with Crippen LogP contribution in [0.25, 0.3) is 11.3 Å². The van der Waals surface area contributed by atoms with Crippen molar-refractivity contribution in [3.63, 3.8) is 0 Å². The first kappa shape index (κ1) is 24.1. The molecule has 0 bridgehead atoms. The molecule has 2 heterocycles. The number of aromatic nitrogens is 1. The number of benzene rings is 2. The first-order chi connectivity index (χ1) is 16.4. The van der Waals surface area contributed by atoms with Gasteiger partial charge in [0.25, 0.3) is 5.91 Å². The molecule has 1 aliphatic rings. The van der Waals surface area contributed by atoms with E-state index >= 15 is 0 Å². The number of sulfonamides is 1. The van der Waals surface area contributed by atoms with E-state index in [2.05, 4.69) is 15.0 Å². The average molecular weight is 500 g/mol. The molecule has 0 atom stereocenters. The molecule has 1 N–H and O–H groups in total. The van der Waals surface area contributed by atoms with Crippen molar-refractivity contribution in [1.82, 2.24) is 9.29 Å². The largest absolute Gasteiger partial charge is 0.465 e. The number of hydrogen-bond donors (Lipinski definition) is 1. The lowest BCUT2D eigenvalue weighted by Crippen LogP contribution is -2.31. The molecular formula is C24H25N3O5S2. The second kappa shape index (κ2) is 10.5. The molecular weight excluding hydrogens is 474 g/mol. The summed E-state index contributed by atoms with van der Waals surface area (Å²) in [5.41, 5.74) is 2.14. The van der Waals surface area contributed by atoms with Crippen LogP contribution in [0.15, 0.2) is 58.8 Å². The summed E-state index contributed by atoms with van der Waals surface area (Å²) in [6.45, 7) is 1.12. The number of carbonyl (C=O) groups excluding carboxylic acids is 2. The monoisotopic (exact) mass is 499 g/mol. The summed E-state index contributed by atoms with van der Waals surface area (Å²) < 4.78 is 32.2. The number of thiazole rings is 1. The fourth-order valence-electron chi connectivity index (χ4n) is 3.74. The minimum absolute atomic E-state index is 0.275. The van der Waals surface area contributed by atoms with Gasteiger partial charge in [0.2, 0.25) is 10.0 Å². The van der Waals surface area contributed by atoms with Crippen LogP contribution in [0, 0.1) is 0 Å². The third-order valence-electron chi connectivity index (χ3n) is 5.65. The Morgan fingerprint density at radius 1 is 0.941 bits per heavy atom. The molecule has 0 radical (unpaired) electrons. The van der Waals surface area contributed by atoms with Crippen LogP contribution in [-0.2, 0) is 14.8 Å². The highest BCUT2D eigenvalue weighted by atomic mass is 32.2. The van der Waals surface area contributed by atoms with E-state index in [0.717, 1.165) is 31.2 Å². The van der Waals surface area contributed by atoms with E-state index in [4.69, 9.17) is 0 Å². The van der Waals surface area contributed by atoms with Crippen molar-refractivity contribution < 1.29 is 22.7 Å². The molecule has 1 fully saturated rings. The lowest BCUT2D eigenvalue weighted by molar-refractivity contribution is 0.0600. The summed E-state index contributed by atoms with van der Waals surface area (Å²) in [5.74, 6) is -0.821. The number of nitrogens with zero attached hydrogens (tertiary/aromatic N) is 2. The third kappa shape index (κ3) is 5.35. The second-order valence-corrected chi connectivity index (χ2v) is 10.7. The van der Waals surface area contributed by atoms with Crippen molar-refractivity contribution in [3.05, 3.63) is 65.0 Å². The summed E-state index contributed by atoms with van der Waals surface area (Å²) >= 11 is 1.27. The number of hydrogen-bond acceptors (Lipinski definition) is 7. The van der Waals surface area contributed by atoms with Gasteiger partial charge in [-0.3, -0.25) is 10.1 Å². The molecule has 2 aromatic carbocycles. The Morgan fingerprint density at radius 2 is 1.56 bits per heavy atom. The molecule has 1 saturated heterocycles. The van der Waals surface area contributed by atoms with E-state index in [-0.39, 0.29) is 10.8 Å². The van der Waals surface area contributed by atoms with Gasteiger partial charge in [0.05, 0.1) is 23.3 Å². The van der Waals surface area contributed by atoms with Crippen LogP contribution in [0.1, 0.15) is 46.4 Å². The molecule has 1 aromatic heterocycles. The van der Waals surface area contributed by atoms with Gasteiger partial charge in [-0.1, -0.05) is 25.0 Å². The van der Waals surface area contributed by atoms with Gasteiger partial charge in [-0.05, 0) is 49.2 Å². The van der Waals surface area contributed by atoms with Crippen LogP contribution in [0.2, 0.25) is 0 Å². The molecule has 34 heavy (non-hydrogen) atoms. The molecule has 1 aliphatic heterocycles. The van der Waals surface area contributed by atoms with Crippen molar-refractivity contribution in [3.8, 4) is 11.3 Å². The lowest BCUT2D eigenvalue weighted by atomic mass is 10.1. The maximum absolute atomic E-state index is 13.0. The van der Waals surface area contributed by atoms with Gasteiger partial charge in [-0.25, -0.2) is 18.2 Å². The van der Waals surface area contributed by atoms with Crippen LogP contribution in [0.4, 0.5) is 5.13 Å². The summed E-state index contributed by atoms with van der Waals surface area (Å²) in [6.07, 6.45) is 3.90. The molecule has 0 unspecified atom stereocenters. The number of rotatable bonds is 6. The smallest absolute Gasteiger partial charge is 0.337 e. The van der Waals surface area contributed by atoms with Crippen molar-refractivity contribution in [2.45, 2.75) is 30.6 Å². The van der Waals surface area contributed by atoms with Crippen molar-refractivity contribution in [1.29, 1.82) is 0 Å². The fourth-order valence-corrected chi connectivity index (χ4v) is 5.97. The number of nitrogens with one attached hydrogen (secondary N) is 1. The zero-order valence-electron chi connectivity index (χ0n) is 18.7. The van der Waals surface area contributed by atoms with Gasteiger partial charge in [-0.15, -0.1) is 11.3 Å². The first-order valence-electron chi connectivity index (χ1n) is 10.9. The molecule has 8 nitrogen and oxygen atoms in total. The van der Waals surface area contributed by atoms with E-state index in [1.807, 2.05) is 0 Å². The molecule has 0 aliphatic carbocycles. The first-order valence-corrected chi connectivity index (χ1v) is 13.3. The van der Waals surface area contributed by atoms with Crippen LogP contribution in [0.3, 0.4) is 0 Å². The van der Waals surface area contributed by atoms with E-state index in [1.54, 1.807) is 46.1 Å². The van der Waals surface area contributed by atoms with E-state index in [1.165, 1.54) is 30.6 Å². The highest BCUT2D eigenvalue weighted by Crippen LogP contribution is 2.27. The minimum Gasteiger partial charge on any atom is -0.465 e. The van der Waals surface area contributed by atoms with E-state index in [9.17, 15) is 18.0 Å². The van der Waals surface area contributed by atoms with E-state index < -0.39 is 16.0 Å². The summed E-state index contributed by atoms with van der Waals surface area (Å²) in [5, 5.41) is 4.96. The van der Waals surface area contributed by atoms with Crippen LogP contribution in [0.5, 0.6) is 0 Å². The Labute approximate surface area is 202 Å². The highest BCUT2D eigenvalue weighted by molar-refractivity contribution is 7.89. The Hall–Kier alpha value is -3.08. The van der Waals surface area contributed by atoms with Crippen LogP contribution >= 0.6 is 11.3 Å². The van der Waals surface area contributed by atoms with Crippen LogP contribution < -0.4 is 5.32 Å². The quantitative estimate of drug-likeness (QED) is 0.504. The number of carbonyl (C=O) groups is 2. The topological polar surface area (TPSA) is 106 Å². The van der Waals surface area contributed by atoms with Crippen LogP contribution in [-0.4, -0.2) is 49.8 Å². The normalized spacial score (nSPS) is 14.9. The molecule has 10 heteroatoms. The summed E-state index contributed by atoms with van der Waals surface area (Å²) in [7, 11) is -2.21. The molecule has 178 valence electrons. The number of anilines is 1. The number of methoxy groups -OCH3 is 1. The number of ether oxygens (including phenoxy) is 1. The maximum atomic E-state index is 13.0.